The van der Waals surface area contributed by atoms with Gasteiger partial charge in [0.2, 0.25) is 0 Å². The number of methoxy groups -OCH3 is 2. The van der Waals surface area contributed by atoms with Gasteiger partial charge in [-0.1, -0.05) is 36.4 Å². The third kappa shape index (κ3) is 4.91. The highest BCUT2D eigenvalue weighted by Crippen LogP contribution is 2.50. The molecule has 0 radical (unpaired) electrons. The Kier molecular flexibility index (Phi) is 7.39. The van der Waals surface area contributed by atoms with E-state index in [1.54, 1.807) is 14.2 Å². The van der Waals surface area contributed by atoms with Gasteiger partial charge >= 0.3 is 6.03 Å². The molecule has 2 heterocycles. The van der Waals surface area contributed by atoms with Crippen LogP contribution in [-0.4, -0.2) is 86.8 Å². The lowest BCUT2D eigenvalue weighted by molar-refractivity contribution is 0.119. The standard InChI is InChI=1S/C29H40N4O3/c1-31-15-17-32(18-16-31)28(34)30-24-11-12-29(23-9-10-25(35-2)26(19-23)36-3)13-14-33(27(29)20-24)21-22-7-5-4-6-8-22/h4-10,19,24,27H,11-18,20-21H2,1-3H3,(H,30,34)/t24-,27-,29-/m0/s1. The van der Waals surface area contributed by atoms with Crippen LogP contribution < -0.4 is 14.8 Å². The highest BCUT2D eigenvalue weighted by molar-refractivity contribution is 5.74. The molecule has 0 bridgehead atoms. The lowest BCUT2D eigenvalue weighted by atomic mass is 9.65. The molecule has 2 saturated heterocycles. The maximum Gasteiger partial charge on any atom is 0.317 e. The molecule has 194 valence electrons. The third-order valence-corrected chi connectivity index (χ3v) is 8.68. The summed E-state index contributed by atoms with van der Waals surface area (Å²) < 4.78 is 11.2. The van der Waals surface area contributed by atoms with Crippen LogP contribution in [0.1, 0.15) is 36.8 Å². The molecular formula is C29H40N4O3. The Hall–Kier alpha value is -2.77. The van der Waals surface area contributed by atoms with Gasteiger partial charge in [0.1, 0.15) is 0 Å². The fourth-order valence-corrected chi connectivity index (χ4v) is 6.54. The summed E-state index contributed by atoms with van der Waals surface area (Å²) in [6, 6.07) is 17.8. The lowest BCUT2D eigenvalue weighted by Gasteiger charge is -2.46. The number of amides is 2. The third-order valence-electron chi connectivity index (χ3n) is 8.68. The van der Waals surface area contributed by atoms with Crippen molar-refractivity contribution in [3.63, 3.8) is 0 Å². The van der Waals surface area contributed by atoms with Crippen molar-refractivity contribution < 1.29 is 14.3 Å². The summed E-state index contributed by atoms with van der Waals surface area (Å²) in [5.74, 6) is 1.55. The van der Waals surface area contributed by atoms with Crippen LogP contribution in [0.25, 0.3) is 0 Å². The molecule has 5 rings (SSSR count). The van der Waals surface area contributed by atoms with Gasteiger partial charge in [-0.3, -0.25) is 4.90 Å². The number of hydrogen-bond donors (Lipinski definition) is 1. The number of nitrogens with zero attached hydrogens (tertiary/aromatic N) is 3. The van der Waals surface area contributed by atoms with E-state index >= 15 is 0 Å². The summed E-state index contributed by atoms with van der Waals surface area (Å²) in [4.78, 5) is 20.0. The van der Waals surface area contributed by atoms with E-state index in [9.17, 15) is 4.79 Å². The molecule has 1 aliphatic carbocycles. The second-order valence-electron chi connectivity index (χ2n) is 10.7. The Bertz CT molecular complexity index is 1040. The van der Waals surface area contributed by atoms with Crippen LogP contribution in [0, 0.1) is 0 Å². The number of likely N-dealkylation sites (tertiary alicyclic amines) is 1. The zero-order valence-electron chi connectivity index (χ0n) is 21.9. The van der Waals surface area contributed by atoms with Crippen molar-refractivity contribution in [1.29, 1.82) is 0 Å². The van der Waals surface area contributed by atoms with Gasteiger partial charge in [0.15, 0.2) is 11.5 Å². The normalized spacial score (nSPS) is 26.9. The molecule has 7 heteroatoms. The van der Waals surface area contributed by atoms with Crippen molar-refractivity contribution in [3.8, 4) is 11.5 Å². The smallest absolute Gasteiger partial charge is 0.317 e. The van der Waals surface area contributed by atoms with Crippen LogP contribution in [0.2, 0.25) is 0 Å². The highest BCUT2D eigenvalue weighted by atomic mass is 16.5. The Balaban J connectivity index is 1.38. The maximum atomic E-state index is 13.1. The number of piperazine rings is 1. The zero-order chi connectivity index (χ0) is 25.1. The van der Waals surface area contributed by atoms with Crippen molar-refractivity contribution in [1.82, 2.24) is 20.0 Å². The maximum absolute atomic E-state index is 13.1. The van der Waals surface area contributed by atoms with Gasteiger partial charge in [-0.2, -0.15) is 0 Å². The number of hydrogen-bond acceptors (Lipinski definition) is 5. The fraction of sp³-hybridized carbons (Fsp3) is 0.552. The molecule has 2 aromatic rings. The second kappa shape index (κ2) is 10.7. The van der Waals surface area contributed by atoms with Gasteiger partial charge < -0.3 is 24.6 Å². The van der Waals surface area contributed by atoms with E-state index in [2.05, 4.69) is 64.6 Å². The first-order valence-electron chi connectivity index (χ1n) is 13.3. The summed E-state index contributed by atoms with van der Waals surface area (Å²) in [5, 5.41) is 3.41. The predicted molar refractivity (Wildman–Crippen MR) is 142 cm³/mol. The SMILES string of the molecule is COc1ccc([C@@]23CC[C@H](NC(=O)N4CCN(C)CC4)C[C@@H]2N(Cc2ccccc2)CC3)cc1OC. The molecule has 3 aliphatic rings. The molecule has 0 aromatic heterocycles. The van der Waals surface area contributed by atoms with E-state index in [1.165, 1.54) is 11.1 Å². The molecule has 1 N–H and O–H groups in total. The molecule has 0 spiro atoms. The number of benzene rings is 2. The van der Waals surface area contributed by atoms with Crippen molar-refractivity contribution in [2.75, 3.05) is 54.0 Å². The van der Waals surface area contributed by atoms with E-state index in [0.29, 0.717) is 6.04 Å². The summed E-state index contributed by atoms with van der Waals surface area (Å²) >= 11 is 0. The average Bonchev–Trinajstić information content (AvgIpc) is 3.27. The first kappa shape index (κ1) is 24.9. The van der Waals surface area contributed by atoms with Gasteiger partial charge in [-0.15, -0.1) is 0 Å². The Labute approximate surface area is 215 Å². The van der Waals surface area contributed by atoms with Crippen LogP contribution in [0.4, 0.5) is 4.79 Å². The first-order chi connectivity index (χ1) is 17.5. The summed E-state index contributed by atoms with van der Waals surface area (Å²) in [6.45, 7) is 5.46. The fourth-order valence-electron chi connectivity index (χ4n) is 6.54. The van der Waals surface area contributed by atoms with Crippen LogP contribution >= 0.6 is 0 Å². The summed E-state index contributed by atoms with van der Waals surface area (Å²) in [7, 11) is 5.51. The quantitative estimate of drug-likeness (QED) is 0.666. The predicted octanol–water partition coefficient (Wildman–Crippen LogP) is 3.73. The van der Waals surface area contributed by atoms with Crippen molar-refractivity contribution >= 4 is 6.03 Å². The van der Waals surface area contributed by atoms with E-state index in [4.69, 9.17) is 9.47 Å². The number of fused-ring (bicyclic) bond motifs is 1. The number of carbonyl (C=O) groups is 1. The molecule has 2 aromatic carbocycles. The summed E-state index contributed by atoms with van der Waals surface area (Å²) in [5.41, 5.74) is 2.71. The molecule has 3 atom stereocenters. The van der Waals surface area contributed by atoms with Crippen molar-refractivity contribution in [2.24, 2.45) is 0 Å². The molecule has 1 saturated carbocycles. The highest BCUT2D eigenvalue weighted by Gasteiger charge is 2.51. The van der Waals surface area contributed by atoms with Gasteiger partial charge in [-0.05, 0) is 62.5 Å². The average molecular weight is 493 g/mol. The van der Waals surface area contributed by atoms with Gasteiger partial charge in [0, 0.05) is 50.2 Å². The topological polar surface area (TPSA) is 57.3 Å². The molecular weight excluding hydrogens is 452 g/mol. The Morgan fingerprint density at radius 3 is 2.44 bits per heavy atom. The summed E-state index contributed by atoms with van der Waals surface area (Å²) in [6.07, 6.45) is 4.11. The van der Waals surface area contributed by atoms with E-state index in [1.807, 2.05) is 11.0 Å². The molecule has 7 nitrogen and oxygen atoms in total. The number of rotatable bonds is 6. The van der Waals surface area contributed by atoms with Crippen LogP contribution in [0.5, 0.6) is 11.5 Å². The number of ether oxygens (including phenoxy) is 2. The molecule has 3 fully saturated rings. The van der Waals surface area contributed by atoms with E-state index in [0.717, 1.165) is 76.5 Å². The molecule has 2 aliphatic heterocycles. The minimum absolute atomic E-state index is 0.0450. The lowest BCUT2D eigenvalue weighted by Crippen LogP contribution is -2.56. The Morgan fingerprint density at radius 1 is 0.972 bits per heavy atom. The van der Waals surface area contributed by atoms with Crippen molar-refractivity contribution in [3.05, 3.63) is 59.7 Å². The Morgan fingerprint density at radius 2 is 1.72 bits per heavy atom. The zero-order valence-corrected chi connectivity index (χ0v) is 21.9. The molecule has 36 heavy (non-hydrogen) atoms. The largest absolute Gasteiger partial charge is 0.493 e. The number of likely N-dealkylation sites (N-methyl/N-ethyl adjacent to an activating group) is 1. The first-order valence-corrected chi connectivity index (χ1v) is 13.3. The van der Waals surface area contributed by atoms with Gasteiger partial charge in [0.25, 0.3) is 0 Å². The minimum Gasteiger partial charge on any atom is -0.493 e. The molecule has 0 unspecified atom stereocenters. The number of nitrogens with one attached hydrogen (secondary N) is 1. The second-order valence-corrected chi connectivity index (χ2v) is 10.7. The minimum atomic E-state index is 0.0450. The number of carbonyl (C=O) groups excluding carboxylic acids is 1. The van der Waals surface area contributed by atoms with E-state index < -0.39 is 0 Å². The van der Waals surface area contributed by atoms with Gasteiger partial charge in [0.05, 0.1) is 14.2 Å². The molecule has 2 amide bonds. The van der Waals surface area contributed by atoms with Gasteiger partial charge in [-0.25, -0.2) is 4.79 Å². The van der Waals surface area contributed by atoms with Crippen LogP contribution in [-0.2, 0) is 12.0 Å². The monoisotopic (exact) mass is 492 g/mol. The van der Waals surface area contributed by atoms with E-state index in [-0.39, 0.29) is 17.5 Å². The van der Waals surface area contributed by atoms with Crippen LogP contribution in [0.3, 0.4) is 0 Å². The van der Waals surface area contributed by atoms with Crippen molar-refractivity contribution in [2.45, 2.75) is 49.7 Å². The van der Waals surface area contributed by atoms with Crippen LogP contribution in [0.15, 0.2) is 48.5 Å². The number of urea groups is 1.